The molecule has 2 amide bonds. The number of rotatable bonds is 4. The Bertz CT molecular complexity index is 626. The highest BCUT2D eigenvalue weighted by Gasteiger charge is 2.61. The molecule has 2 heterocycles. The van der Waals surface area contributed by atoms with E-state index in [1.807, 2.05) is 0 Å². The van der Waals surface area contributed by atoms with E-state index in [-0.39, 0.29) is 30.3 Å². The van der Waals surface area contributed by atoms with Crippen LogP contribution in [0.1, 0.15) is 32.1 Å². The molecule has 1 saturated carbocycles. The first-order valence-electron chi connectivity index (χ1n) is 9.87. The standard InChI is InChI=1S/C18H24F6N2O4/c19-17(20,21)14(18(22,23)24)30-15(28)26-5-3-16(4-6-26)9-12(16)13(27)25-10-11-1-7-29-8-2-11/h11-12,14H,1-10H2,(H,25,27)/t12-/m1/s1. The Morgan fingerprint density at radius 2 is 1.63 bits per heavy atom. The van der Waals surface area contributed by atoms with E-state index in [0.717, 1.165) is 17.7 Å². The van der Waals surface area contributed by atoms with Crippen molar-refractivity contribution in [3.63, 3.8) is 0 Å². The van der Waals surface area contributed by atoms with Gasteiger partial charge in [-0.05, 0) is 43.4 Å². The zero-order chi connectivity index (χ0) is 22.2. The minimum atomic E-state index is -5.74. The molecule has 0 aromatic rings. The number of carbonyl (C=O) groups is 2. The van der Waals surface area contributed by atoms with Gasteiger partial charge in [0.25, 0.3) is 6.10 Å². The first kappa shape index (κ1) is 23.0. The van der Waals surface area contributed by atoms with E-state index in [2.05, 4.69) is 10.1 Å². The topological polar surface area (TPSA) is 67.9 Å². The molecule has 30 heavy (non-hydrogen) atoms. The Morgan fingerprint density at radius 1 is 1.07 bits per heavy atom. The number of likely N-dealkylation sites (tertiary alicyclic amines) is 1. The first-order chi connectivity index (χ1) is 13.9. The van der Waals surface area contributed by atoms with E-state index >= 15 is 0 Å². The van der Waals surface area contributed by atoms with Gasteiger partial charge in [0, 0.05) is 38.8 Å². The maximum absolute atomic E-state index is 12.6. The Labute approximate surface area is 169 Å². The zero-order valence-electron chi connectivity index (χ0n) is 16.2. The number of carbonyl (C=O) groups excluding carboxylic acids is 2. The molecule has 0 bridgehead atoms. The van der Waals surface area contributed by atoms with Gasteiger partial charge < -0.3 is 19.7 Å². The van der Waals surface area contributed by atoms with E-state index < -0.39 is 24.5 Å². The van der Waals surface area contributed by atoms with E-state index in [4.69, 9.17) is 4.74 Å². The van der Waals surface area contributed by atoms with Crippen LogP contribution in [0.5, 0.6) is 0 Å². The molecule has 3 rings (SSSR count). The van der Waals surface area contributed by atoms with Crippen molar-refractivity contribution in [1.29, 1.82) is 0 Å². The van der Waals surface area contributed by atoms with E-state index in [0.29, 0.717) is 44.9 Å². The second-order valence-electron chi connectivity index (χ2n) is 8.25. The fraction of sp³-hybridized carbons (Fsp3) is 0.889. The fourth-order valence-electron chi connectivity index (χ4n) is 4.22. The van der Waals surface area contributed by atoms with Crippen LogP contribution >= 0.6 is 0 Å². The lowest BCUT2D eigenvalue weighted by atomic mass is 9.90. The van der Waals surface area contributed by atoms with Gasteiger partial charge in [-0.25, -0.2) is 4.79 Å². The summed E-state index contributed by atoms with van der Waals surface area (Å²) in [5, 5.41) is 2.93. The van der Waals surface area contributed by atoms with Crippen molar-refractivity contribution >= 4 is 12.0 Å². The van der Waals surface area contributed by atoms with Crippen LogP contribution in [0.2, 0.25) is 0 Å². The quantitative estimate of drug-likeness (QED) is 0.674. The molecule has 12 heteroatoms. The number of ether oxygens (including phenoxy) is 2. The van der Waals surface area contributed by atoms with Crippen LogP contribution < -0.4 is 5.32 Å². The maximum Gasteiger partial charge on any atom is 0.434 e. The summed E-state index contributed by atoms with van der Waals surface area (Å²) >= 11 is 0. The average Bonchev–Trinajstić information content (AvgIpc) is 3.37. The third-order valence-corrected chi connectivity index (χ3v) is 6.24. The normalized spacial score (nSPS) is 24.8. The van der Waals surface area contributed by atoms with Gasteiger partial charge in [-0.3, -0.25) is 4.79 Å². The summed E-state index contributed by atoms with van der Waals surface area (Å²) in [5.74, 6) is 0.0320. The summed E-state index contributed by atoms with van der Waals surface area (Å²) in [5.41, 5.74) is -0.343. The summed E-state index contributed by atoms with van der Waals surface area (Å²) in [4.78, 5) is 25.1. The molecule has 1 spiro atoms. The van der Waals surface area contributed by atoms with Gasteiger partial charge in [0.15, 0.2) is 0 Å². The van der Waals surface area contributed by atoms with Crippen LogP contribution in [-0.4, -0.2) is 68.2 Å². The summed E-state index contributed by atoms with van der Waals surface area (Å²) in [7, 11) is 0. The fourth-order valence-corrected chi connectivity index (χ4v) is 4.22. The molecule has 0 aromatic heterocycles. The van der Waals surface area contributed by atoms with Crippen LogP contribution in [0.15, 0.2) is 0 Å². The molecular formula is C18H24F6N2O4. The second kappa shape index (κ2) is 8.43. The number of nitrogens with zero attached hydrogens (tertiary/aromatic N) is 1. The van der Waals surface area contributed by atoms with Crippen molar-refractivity contribution in [3.8, 4) is 0 Å². The smallest absolute Gasteiger partial charge is 0.426 e. The van der Waals surface area contributed by atoms with Crippen LogP contribution in [0, 0.1) is 17.3 Å². The minimum absolute atomic E-state index is 0.0506. The predicted octanol–water partition coefficient (Wildman–Crippen LogP) is 3.26. The maximum atomic E-state index is 12.6. The Balaban J connectivity index is 1.45. The summed E-state index contributed by atoms with van der Waals surface area (Å²) in [6.45, 7) is 1.80. The highest BCUT2D eigenvalue weighted by atomic mass is 19.4. The van der Waals surface area contributed by atoms with Crippen molar-refractivity contribution in [1.82, 2.24) is 10.2 Å². The number of piperidine rings is 1. The third kappa shape index (κ3) is 5.30. The molecule has 1 N–H and O–H groups in total. The molecule has 6 nitrogen and oxygen atoms in total. The number of amides is 2. The predicted molar refractivity (Wildman–Crippen MR) is 90.3 cm³/mol. The number of nitrogens with one attached hydrogen (secondary N) is 1. The molecule has 0 aromatic carbocycles. The second-order valence-corrected chi connectivity index (χ2v) is 8.25. The van der Waals surface area contributed by atoms with Crippen molar-refractivity contribution in [2.45, 2.75) is 50.6 Å². The summed E-state index contributed by atoms with van der Waals surface area (Å²) in [6.07, 6.45) is -14.3. The van der Waals surface area contributed by atoms with Gasteiger partial charge in [-0.1, -0.05) is 0 Å². The number of hydrogen-bond acceptors (Lipinski definition) is 4. The van der Waals surface area contributed by atoms with Gasteiger partial charge in [-0.2, -0.15) is 26.3 Å². The van der Waals surface area contributed by atoms with E-state index in [1.165, 1.54) is 0 Å². The van der Waals surface area contributed by atoms with Crippen molar-refractivity contribution in [2.24, 2.45) is 17.3 Å². The van der Waals surface area contributed by atoms with Gasteiger partial charge in [-0.15, -0.1) is 0 Å². The Morgan fingerprint density at radius 3 is 2.17 bits per heavy atom. The molecule has 3 aliphatic rings. The van der Waals surface area contributed by atoms with Gasteiger partial charge in [0.1, 0.15) is 0 Å². The number of hydrogen-bond donors (Lipinski definition) is 1. The highest BCUT2D eigenvalue weighted by molar-refractivity contribution is 5.82. The molecule has 0 unspecified atom stereocenters. The monoisotopic (exact) mass is 446 g/mol. The van der Waals surface area contributed by atoms with Gasteiger partial charge in [0.2, 0.25) is 5.91 Å². The van der Waals surface area contributed by atoms with Crippen LogP contribution in [0.3, 0.4) is 0 Å². The van der Waals surface area contributed by atoms with Gasteiger partial charge >= 0.3 is 18.4 Å². The third-order valence-electron chi connectivity index (χ3n) is 6.24. The zero-order valence-corrected chi connectivity index (χ0v) is 16.2. The first-order valence-corrected chi connectivity index (χ1v) is 9.87. The molecule has 2 saturated heterocycles. The SMILES string of the molecule is O=C(NCC1CCOCC1)[C@H]1CC12CCN(C(=O)OC(C(F)(F)F)C(F)(F)F)CC2. The Kier molecular flexibility index (Phi) is 6.45. The average molecular weight is 446 g/mol. The lowest BCUT2D eigenvalue weighted by Crippen LogP contribution is -2.49. The molecule has 2 aliphatic heterocycles. The van der Waals surface area contributed by atoms with E-state index in [1.54, 1.807) is 0 Å². The summed E-state index contributed by atoms with van der Waals surface area (Å²) < 4.78 is 84.3. The minimum Gasteiger partial charge on any atom is -0.426 e. The van der Waals surface area contributed by atoms with Crippen LogP contribution in [-0.2, 0) is 14.3 Å². The number of halogens is 6. The molecular weight excluding hydrogens is 422 g/mol. The molecule has 1 atom stereocenters. The van der Waals surface area contributed by atoms with Crippen LogP contribution in [0.4, 0.5) is 31.1 Å². The van der Waals surface area contributed by atoms with E-state index in [9.17, 15) is 35.9 Å². The van der Waals surface area contributed by atoms with Crippen molar-refractivity contribution in [3.05, 3.63) is 0 Å². The van der Waals surface area contributed by atoms with Gasteiger partial charge in [0.05, 0.1) is 0 Å². The summed E-state index contributed by atoms with van der Waals surface area (Å²) in [6, 6.07) is 0. The molecule has 172 valence electrons. The lowest BCUT2D eigenvalue weighted by molar-refractivity contribution is -0.308. The largest absolute Gasteiger partial charge is 0.434 e. The van der Waals surface area contributed by atoms with Crippen molar-refractivity contribution < 1.29 is 45.4 Å². The van der Waals surface area contributed by atoms with Crippen LogP contribution in [0.25, 0.3) is 0 Å². The lowest BCUT2D eigenvalue weighted by Gasteiger charge is -2.33. The Hall–Kier alpha value is -1.72. The molecule has 1 aliphatic carbocycles. The molecule has 0 radical (unpaired) electrons. The van der Waals surface area contributed by atoms with Crippen molar-refractivity contribution in [2.75, 3.05) is 32.8 Å². The molecule has 3 fully saturated rings. The number of alkyl halides is 6. The highest BCUT2D eigenvalue weighted by Crippen LogP contribution is 2.59.